The van der Waals surface area contributed by atoms with Crippen molar-refractivity contribution in [3.05, 3.63) is 40.2 Å². The summed E-state index contributed by atoms with van der Waals surface area (Å²) in [4.78, 5) is 26.2. The van der Waals surface area contributed by atoms with Crippen molar-refractivity contribution in [2.24, 2.45) is 5.92 Å². The molecule has 1 atom stereocenters. The number of carbonyl (C=O) groups is 1. The molecule has 7 heteroatoms. The SMILES string of the molecule is CCc1cc(=O)oc2cc(OCC(=O)NCC3CN(CC(C)C)CCO3)ccc12. The molecule has 1 fully saturated rings. The van der Waals surface area contributed by atoms with Crippen LogP contribution in [0.15, 0.2) is 33.5 Å². The lowest BCUT2D eigenvalue weighted by Gasteiger charge is -2.33. The molecular formula is C22H30N2O5. The second-order valence-electron chi connectivity index (χ2n) is 7.84. The van der Waals surface area contributed by atoms with Crippen LogP contribution in [0.25, 0.3) is 11.0 Å². The summed E-state index contributed by atoms with van der Waals surface area (Å²) in [5.74, 6) is 0.885. The zero-order chi connectivity index (χ0) is 20.8. The van der Waals surface area contributed by atoms with Gasteiger partial charge in [-0.3, -0.25) is 9.69 Å². The van der Waals surface area contributed by atoms with Crippen molar-refractivity contribution in [2.45, 2.75) is 33.3 Å². The number of fused-ring (bicyclic) bond motifs is 1. The highest BCUT2D eigenvalue weighted by atomic mass is 16.5. The molecule has 1 amide bonds. The van der Waals surface area contributed by atoms with E-state index >= 15 is 0 Å². The quantitative estimate of drug-likeness (QED) is 0.682. The highest BCUT2D eigenvalue weighted by molar-refractivity contribution is 5.82. The van der Waals surface area contributed by atoms with Gasteiger partial charge in [0.2, 0.25) is 0 Å². The zero-order valence-corrected chi connectivity index (χ0v) is 17.4. The lowest BCUT2D eigenvalue weighted by molar-refractivity contribution is -0.124. The maximum atomic E-state index is 12.2. The Morgan fingerprint density at radius 3 is 2.93 bits per heavy atom. The minimum absolute atomic E-state index is 0.00569. The molecule has 1 saturated heterocycles. The van der Waals surface area contributed by atoms with E-state index in [1.165, 1.54) is 6.07 Å². The molecule has 1 N–H and O–H groups in total. The Balaban J connectivity index is 1.50. The van der Waals surface area contributed by atoms with Gasteiger partial charge in [-0.25, -0.2) is 4.79 Å². The van der Waals surface area contributed by atoms with Gasteiger partial charge in [0.25, 0.3) is 5.91 Å². The number of rotatable bonds is 8. The van der Waals surface area contributed by atoms with Crippen LogP contribution in [0.2, 0.25) is 0 Å². The first kappa shape index (κ1) is 21.3. The summed E-state index contributed by atoms with van der Waals surface area (Å²) in [5, 5.41) is 3.75. The zero-order valence-electron chi connectivity index (χ0n) is 17.4. The molecule has 2 heterocycles. The fourth-order valence-corrected chi connectivity index (χ4v) is 3.61. The fourth-order valence-electron chi connectivity index (χ4n) is 3.61. The lowest BCUT2D eigenvalue weighted by atomic mass is 10.1. The van der Waals surface area contributed by atoms with Gasteiger partial charge in [0.1, 0.15) is 11.3 Å². The van der Waals surface area contributed by atoms with Gasteiger partial charge in [-0.2, -0.15) is 0 Å². The molecule has 158 valence electrons. The molecule has 1 aliphatic heterocycles. The predicted octanol–water partition coefficient (Wildman–Crippen LogP) is 2.21. The van der Waals surface area contributed by atoms with Crippen LogP contribution in [0.5, 0.6) is 5.75 Å². The highest BCUT2D eigenvalue weighted by Gasteiger charge is 2.21. The largest absolute Gasteiger partial charge is 0.484 e. The molecule has 0 aliphatic carbocycles. The van der Waals surface area contributed by atoms with Gasteiger partial charge in [0, 0.05) is 43.7 Å². The number of morpholine rings is 1. The number of nitrogens with zero attached hydrogens (tertiary/aromatic N) is 1. The molecule has 1 aromatic carbocycles. The maximum Gasteiger partial charge on any atom is 0.336 e. The minimum atomic E-state index is -0.386. The van der Waals surface area contributed by atoms with Crippen molar-refractivity contribution in [3.8, 4) is 5.75 Å². The Morgan fingerprint density at radius 1 is 1.34 bits per heavy atom. The van der Waals surface area contributed by atoms with E-state index in [-0.39, 0.29) is 24.2 Å². The molecule has 0 spiro atoms. The number of hydrogen-bond acceptors (Lipinski definition) is 6. The van der Waals surface area contributed by atoms with Crippen molar-refractivity contribution >= 4 is 16.9 Å². The molecular weight excluding hydrogens is 372 g/mol. The van der Waals surface area contributed by atoms with Gasteiger partial charge >= 0.3 is 5.63 Å². The molecule has 0 bridgehead atoms. The monoisotopic (exact) mass is 402 g/mol. The Kier molecular flexibility index (Phi) is 7.28. The smallest absolute Gasteiger partial charge is 0.336 e. The Hall–Kier alpha value is -2.38. The van der Waals surface area contributed by atoms with Crippen LogP contribution in [0, 0.1) is 5.92 Å². The van der Waals surface area contributed by atoms with Crippen LogP contribution < -0.4 is 15.7 Å². The predicted molar refractivity (Wildman–Crippen MR) is 111 cm³/mol. The highest BCUT2D eigenvalue weighted by Crippen LogP contribution is 2.23. The van der Waals surface area contributed by atoms with Crippen molar-refractivity contribution in [3.63, 3.8) is 0 Å². The number of amides is 1. The van der Waals surface area contributed by atoms with E-state index in [0.717, 1.165) is 37.0 Å². The average Bonchev–Trinajstić information content (AvgIpc) is 2.69. The first-order valence-electron chi connectivity index (χ1n) is 10.2. The Bertz CT molecular complexity index is 892. The van der Waals surface area contributed by atoms with E-state index in [9.17, 15) is 9.59 Å². The summed E-state index contributed by atoms with van der Waals surface area (Å²) in [6.07, 6.45) is 0.733. The molecule has 3 rings (SSSR count). The van der Waals surface area contributed by atoms with Gasteiger partial charge in [0.15, 0.2) is 6.61 Å². The third-order valence-corrected chi connectivity index (χ3v) is 4.93. The van der Waals surface area contributed by atoms with Crippen LogP contribution in [-0.2, 0) is 16.0 Å². The van der Waals surface area contributed by atoms with Crippen LogP contribution in [-0.4, -0.2) is 56.3 Å². The van der Waals surface area contributed by atoms with Gasteiger partial charge in [0.05, 0.1) is 12.7 Å². The summed E-state index contributed by atoms with van der Waals surface area (Å²) in [6.45, 7) is 10.2. The number of aryl methyl sites for hydroxylation is 1. The van der Waals surface area contributed by atoms with Crippen molar-refractivity contribution in [1.29, 1.82) is 0 Å². The number of hydrogen-bond donors (Lipinski definition) is 1. The number of ether oxygens (including phenoxy) is 2. The van der Waals surface area contributed by atoms with E-state index in [2.05, 4.69) is 24.1 Å². The number of benzene rings is 1. The average molecular weight is 402 g/mol. The van der Waals surface area contributed by atoms with Crippen LogP contribution in [0.3, 0.4) is 0 Å². The standard InChI is InChI=1S/C22H30N2O5/c1-4-16-9-22(26)29-20-10-17(5-6-19(16)20)28-14-21(25)23-11-18-13-24(7-8-27-18)12-15(2)3/h5-6,9-10,15,18H,4,7-8,11-14H2,1-3H3,(H,23,25). The summed E-state index contributed by atoms with van der Waals surface area (Å²) in [7, 11) is 0. The molecule has 0 radical (unpaired) electrons. The van der Waals surface area contributed by atoms with E-state index in [4.69, 9.17) is 13.9 Å². The maximum absolute atomic E-state index is 12.2. The second kappa shape index (κ2) is 9.89. The van der Waals surface area contributed by atoms with Gasteiger partial charge in [-0.05, 0) is 30.0 Å². The Morgan fingerprint density at radius 2 is 2.17 bits per heavy atom. The molecule has 1 unspecified atom stereocenters. The topological polar surface area (TPSA) is 81.0 Å². The third kappa shape index (κ3) is 6.05. The van der Waals surface area contributed by atoms with Crippen LogP contribution >= 0.6 is 0 Å². The van der Waals surface area contributed by atoms with E-state index in [1.54, 1.807) is 12.1 Å². The number of nitrogens with one attached hydrogen (secondary N) is 1. The van der Waals surface area contributed by atoms with Gasteiger partial charge in [-0.1, -0.05) is 20.8 Å². The van der Waals surface area contributed by atoms with E-state index in [1.807, 2.05) is 13.0 Å². The minimum Gasteiger partial charge on any atom is -0.484 e. The molecule has 1 aromatic heterocycles. The molecule has 7 nitrogen and oxygen atoms in total. The second-order valence-corrected chi connectivity index (χ2v) is 7.84. The Labute approximate surface area is 171 Å². The first-order chi connectivity index (χ1) is 13.9. The van der Waals surface area contributed by atoms with Gasteiger partial charge in [-0.15, -0.1) is 0 Å². The first-order valence-corrected chi connectivity index (χ1v) is 10.2. The summed E-state index contributed by atoms with van der Waals surface area (Å²) in [5.41, 5.74) is 1.01. The van der Waals surface area contributed by atoms with E-state index < -0.39 is 0 Å². The normalized spacial score (nSPS) is 17.6. The lowest BCUT2D eigenvalue weighted by Crippen LogP contribution is -2.48. The summed E-state index contributed by atoms with van der Waals surface area (Å²) >= 11 is 0. The third-order valence-electron chi connectivity index (χ3n) is 4.93. The molecule has 2 aromatic rings. The molecule has 29 heavy (non-hydrogen) atoms. The van der Waals surface area contributed by atoms with Crippen molar-refractivity contribution in [1.82, 2.24) is 10.2 Å². The fraction of sp³-hybridized carbons (Fsp3) is 0.545. The van der Waals surface area contributed by atoms with Crippen molar-refractivity contribution < 1.29 is 18.7 Å². The van der Waals surface area contributed by atoms with Crippen molar-refractivity contribution in [2.75, 3.05) is 39.4 Å². The van der Waals surface area contributed by atoms with E-state index in [0.29, 0.717) is 30.4 Å². The summed E-state index contributed by atoms with van der Waals surface area (Å²) < 4.78 is 16.6. The summed E-state index contributed by atoms with van der Waals surface area (Å²) in [6, 6.07) is 6.79. The molecule has 0 saturated carbocycles. The molecule has 1 aliphatic rings. The number of carbonyl (C=O) groups excluding carboxylic acids is 1. The van der Waals surface area contributed by atoms with Gasteiger partial charge < -0.3 is 19.2 Å². The van der Waals surface area contributed by atoms with Crippen LogP contribution in [0.4, 0.5) is 0 Å². The van der Waals surface area contributed by atoms with Crippen LogP contribution in [0.1, 0.15) is 26.3 Å².